The summed E-state index contributed by atoms with van der Waals surface area (Å²) < 4.78 is 4.95. The van der Waals surface area contributed by atoms with Crippen molar-refractivity contribution >= 4 is 11.9 Å². The highest BCUT2D eigenvalue weighted by Gasteiger charge is 2.29. The Labute approximate surface area is 104 Å². The Bertz CT molecular complexity index is 467. The molecule has 2 N–H and O–H groups in total. The van der Waals surface area contributed by atoms with Crippen LogP contribution in [0.3, 0.4) is 0 Å². The monoisotopic (exact) mass is 253 g/mol. The SMILES string of the molecule is CC1CCN(C(=O)c2ccc(C(=O)O)o2)CC1O. The smallest absolute Gasteiger partial charge is 0.371 e. The molecule has 1 aliphatic rings. The average molecular weight is 253 g/mol. The summed E-state index contributed by atoms with van der Waals surface area (Å²) in [5.41, 5.74) is 0. The van der Waals surface area contributed by atoms with E-state index in [0.717, 1.165) is 6.42 Å². The molecule has 1 aromatic heterocycles. The normalized spacial score (nSPS) is 24.0. The predicted octanol–water partition coefficient (Wildman–Crippen LogP) is 0.821. The van der Waals surface area contributed by atoms with Crippen molar-refractivity contribution < 1.29 is 24.2 Å². The van der Waals surface area contributed by atoms with E-state index >= 15 is 0 Å². The molecule has 0 radical (unpaired) electrons. The van der Waals surface area contributed by atoms with Gasteiger partial charge in [-0.15, -0.1) is 0 Å². The molecule has 18 heavy (non-hydrogen) atoms. The van der Waals surface area contributed by atoms with Crippen LogP contribution in [0.5, 0.6) is 0 Å². The molecule has 2 rings (SSSR count). The number of hydrogen-bond donors (Lipinski definition) is 2. The van der Waals surface area contributed by atoms with Gasteiger partial charge in [-0.1, -0.05) is 6.92 Å². The van der Waals surface area contributed by atoms with E-state index in [1.165, 1.54) is 17.0 Å². The molecule has 0 aromatic carbocycles. The fourth-order valence-electron chi connectivity index (χ4n) is 1.96. The molecule has 0 bridgehead atoms. The van der Waals surface area contributed by atoms with Gasteiger partial charge in [-0.2, -0.15) is 0 Å². The zero-order chi connectivity index (χ0) is 13.3. The van der Waals surface area contributed by atoms with Crippen molar-refractivity contribution in [2.24, 2.45) is 5.92 Å². The highest BCUT2D eigenvalue weighted by molar-refractivity contribution is 5.93. The van der Waals surface area contributed by atoms with Gasteiger partial charge in [0.05, 0.1) is 6.10 Å². The topological polar surface area (TPSA) is 91.0 Å². The van der Waals surface area contributed by atoms with Crippen LogP contribution in [0.25, 0.3) is 0 Å². The largest absolute Gasteiger partial charge is 0.475 e. The minimum atomic E-state index is -1.21. The van der Waals surface area contributed by atoms with Crippen molar-refractivity contribution in [3.8, 4) is 0 Å². The number of amides is 1. The lowest BCUT2D eigenvalue weighted by atomic mass is 9.96. The van der Waals surface area contributed by atoms with Gasteiger partial charge in [-0.05, 0) is 24.5 Å². The van der Waals surface area contributed by atoms with Crippen LogP contribution in [-0.4, -0.2) is 46.2 Å². The molecule has 1 fully saturated rings. The molecule has 1 aromatic rings. The number of carbonyl (C=O) groups is 2. The molecule has 1 amide bonds. The third-order valence-electron chi connectivity index (χ3n) is 3.23. The lowest BCUT2D eigenvalue weighted by molar-refractivity contribution is 0.0229. The van der Waals surface area contributed by atoms with Crippen LogP contribution < -0.4 is 0 Å². The van der Waals surface area contributed by atoms with Gasteiger partial charge in [0.15, 0.2) is 5.76 Å². The maximum atomic E-state index is 12.0. The molecule has 0 aliphatic carbocycles. The van der Waals surface area contributed by atoms with Gasteiger partial charge in [0.2, 0.25) is 5.76 Å². The number of hydrogen-bond acceptors (Lipinski definition) is 4. The number of carboxylic acids is 1. The van der Waals surface area contributed by atoms with E-state index in [1.807, 2.05) is 6.92 Å². The first-order chi connectivity index (χ1) is 8.49. The Balaban J connectivity index is 2.09. The Morgan fingerprint density at radius 3 is 2.61 bits per heavy atom. The van der Waals surface area contributed by atoms with Crippen molar-refractivity contribution in [1.82, 2.24) is 4.90 Å². The summed E-state index contributed by atoms with van der Waals surface area (Å²) in [6.45, 7) is 2.73. The van der Waals surface area contributed by atoms with Crippen LogP contribution in [-0.2, 0) is 0 Å². The zero-order valence-corrected chi connectivity index (χ0v) is 10.00. The summed E-state index contributed by atoms with van der Waals surface area (Å²) in [5.74, 6) is -1.69. The molecular formula is C12H15NO5. The van der Waals surface area contributed by atoms with Gasteiger partial charge in [0.1, 0.15) is 0 Å². The molecule has 0 saturated carbocycles. The molecule has 6 heteroatoms. The van der Waals surface area contributed by atoms with Gasteiger partial charge in [0, 0.05) is 13.1 Å². The minimum absolute atomic E-state index is 0.00541. The van der Waals surface area contributed by atoms with E-state index in [2.05, 4.69) is 0 Å². The molecule has 2 atom stereocenters. The number of β-amino-alcohol motifs (C(OH)–C–C–N with tert-alkyl or cyclic N) is 1. The van der Waals surface area contributed by atoms with Crippen LogP contribution >= 0.6 is 0 Å². The van der Waals surface area contributed by atoms with E-state index in [1.54, 1.807) is 0 Å². The lowest BCUT2D eigenvalue weighted by Gasteiger charge is -2.33. The zero-order valence-electron chi connectivity index (χ0n) is 10.00. The highest BCUT2D eigenvalue weighted by atomic mass is 16.4. The van der Waals surface area contributed by atoms with Crippen LogP contribution in [0.2, 0.25) is 0 Å². The molecular weight excluding hydrogens is 238 g/mol. The molecule has 2 heterocycles. The first kappa shape index (κ1) is 12.6. The number of likely N-dealkylation sites (tertiary alicyclic amines) is 1. The van der Waals surface area contributed by atoms with Crippen LogP contribution in [0.15, 0.2) is 16.5 Å². The number of furan rings is 1. The predicted molar refractivity (Wildman–Crippen MR) is 61.4 cm³/mol. The second-order valence-corrected chi connectivity index (χ2v) is 4.55. The average Bonchev–Trinajstić information content (AvgIpc) is 2.81. The van der Waals surface area contributed by atoms with Crippen molar-refractivity contribution in [3.63, 3.8) is 0 Å². The minimum Gasteiger partial charge on any atom is -0.475 e. The third-order valence-corrected chi connectivity index (χ3v) is 3.23. The van der Waals surface area contributed by atoms with Gasteiger partial charge in [-0.3, -0.25) is 4.79 Å². The van der Waals surface area contributed by atoms with Crippen molar-refractivity contribution in [2.45, 2.75) is 19.4 Å². The summed E-state index contributed by atoms with van der Waals surface area (Å²) in [6, 6.07) is 2.59. The highest BCUT2D eigenvalue weighted by Crippen LogP contribution is 2.19. The summed E-state index contributed by atoms with van der Waals surface area (Å²) in [7, 11) is 0. The van der Waals surface area contributed by atoms with Gasteiger partial charge < -0.3 is 19.5 Å². The van der Waals surface area contributed by atoms with E-state index in [9.17, 15) is 14.7 Å². The van der Waals surface area contributed by atoms with E-state index in [-0.39, 0.29) is 29.9 Å². The first-order valence-corrected chi connectivity index (χ1v) is 5.79. The Hall–Kier alpha value is -1.82. The van der Waals surface area contributed by atoms with Crippen molar-refractivity contribution in [3.05, 3.63) is 23.7 Å². The maximum absolute atomic E-state index is 12.0. The second kappa shape index (κ2) is 4.81. The molecule has 1 saturated heterocycles. The number of carboxylic acid groups (broad SMARTS) is 1. The summed E-state index contributed by atoms with van der Waals surface area (Å²) in [4.78, 5) is 24.1. The second-order valence-electron chi connectivity index (χ2n) is 4.55. The Kier molecular flexibility index (Phi) is 3.38. The molecule has 1 aliphatic heterocycles. The molecule has 6 nitrogen and oxygen atoms in total. The number of aliphatic hydroxyl groups excluding tert-OH is 1. The number of carbonyl (C=O) groups excluding carboxylic acids is 1. The Morgan fingerprint density at radius 2 is 2.06 bits per heavy atom. The maximum Gasteiger partial charge on any atom is 0.371 e. The van der Waals surface area contributed by atoms with Gasteiger partial charge in [-0.25, -0.2) is 4.79 Å². The quantitative estimate of drug-likeness (QED) is 0.814. The third kappa shape index (κ3) is 2.38. The van der Waals surface area contributed by atoms with Gasteiger partial charge in [0.25, 0.3) is 5.91 Å². The van der Waals surface area contributed by atoms with Crippen LogP contribution in [0.4, 0.5) is 0 Å². The van der Waals surface area contributed by atoms with Crippen molar-refractivity contribution in [2.75, 3.05) is 13.1 Å². The van der Waals surface area contributed by atoms with E-state index < -0.39 is 12.1 Å². The fraction of sp³-hybridized carbons (Fsp3) is 0.500. The van der Waals surface area contributed by atoms with Crippen molar-refractivity contribution in [1.29, 1.82) is 0 Å². The Morgan fingerprint density at radius 1 is 1.39 bits per heavy atom. The number of rotatable bonds is 2. The van der Waals surface area contributed by atoms with Crippen LogP contribution in [0, 0.1) is 5.92 Å². The molecule has 0 spiro atoms. The number of aliphatic hydroxyl groups is 1. The summed E-state index contributed by atoms with van der Waals surface area (Å²) in [5, 5.41) is 18.4. The van der Waals surface area contributed by atoms with Gasteiger partial charge >= 0.3 is 5.97 Å². The van der Waals surface area contributed by atoms with Crippen LogP contribution in [0.1, 0.15) is 34.5 Å². The van der Waals surface area contributed by atoms with E-state index in [0.29, 0.717) is 6.54 Å². The summed E-state index contributed by atoms with van der Waals surface area (Å²) in [6.07, 6.45) is 0.177. The standard InChI is InChI=1S/C12H15NO5/c1-7-4-5-13(6-8(7)14)11(15)9-2-3-10(18-9)12(16)17/h2-3,7-8,14H,4-6H2,1H3,(H,16,17). The lowest BCUT2D eigenvalue weighted by Crippen LogP contribution is -2.45. The molecule has 98 valence electrons. The summed E-state index contributed by atoms with van der Waals surface area (Å²) >= 11 is 0. The number of aromatic carboxylic acids is 1. The fourth-order valence-corrected chi connectivity index (χ4v) is 1.96. The molecule has 2 unspecified atom stereocenters. The number of piperidine rings is 1. The first-order valence-electron chi connectivity index (χ1n) is 5.79. The van der Waals surface area contributed by atoms with E-state index in [4.69, 9.17) is 9.52 Å². The number of nitrogens with zero attached hydrogens (tertiary/aromatic N) is 1.